The first kappa shape index (κ1) is 11.9. The largest absolute Gasteiger partial charge is 0.317 e. The molecule has 1 heterocycles. The smallest absolute Gasteiger partial charge is 0.139 e. The van der Waals surface area contributed by atoms with Crippen LogP contribution < -0.4 is 0 Å². The first-order chi connectivity index (χ1) is 9.12. The Balaban J connectivity index is 1.75. The minimum absolute atomic E-state index is 0.366. The van der Waals surface area contributed by atoms with Crippen molar-refractivity contribution in [2.45, 2.75) is 70.8 Å². The van der Waals surface area contributed by atoms with Gasteiger partial charge in [0.25, 0.3) is 0 Å². The van der Waals surface area contributed by atoms with Gasteiger partial charge in [0.2, 0.25) is 0 Å². The number of nitrogens with zero attached hydrogens (tertiary/aromatic N) is 3. The number of hydrogen-bond acceptors (Lipinski definition) is 2. The van der Waals surface area contributed by atoms with Gasteiger partial charge >= 0.3 is 0 Å². The van der Waals surface area contributed by atoms with Crippen LogP contribution in [0.4, 0.5) is 0 Å². The van der Waals surface area contributed by atoms with Crippen molar-refractivity contribution in [2.75, 3.05) is 0 Å². The molecule has 4 aliphatic carbocycles. The summed E-state index contributed by atoms with van der Waals surface area (Å²) in [5.74, 6) is 3.23. The van der Waals surface area contributed by atoms with Crippen LogP contribution in [-0.2, 0) is 12.0 Å². The molecule has 4 bridgehead atoms. The third-order valence-corrected chi connectivity index (χ3v) is 5.91. The summed E-state index contributed by atoms with van der Waals surface area (Å²) in [6.45, 7) is 5.85. The molecule has 2 atom stereocenters. The highest BCUT2D eigenvalue weighted by Crippen LogP contribution is 2.65. The van der Waals surface area contributed by atoms with Crippen LogP contribution in [0.1, 0.15) is 64.6 Å². The molecule has 19 heavy (non-hydrogen) atoms. The van der Waals surface area contributed by atoms with Crippen molar-refractivity contribution in [3.8, 4) is 0 Å². The van der Waals surface area contributed by atoms with Crippen molar-refractivity contribution in [1.29, 1.82) is 0 Å². The topological polar surface area (TPSA) is 30.7 Å². The van der Waals surface area contributed by atoms with Crippen LogP contribution in [0, 0.1) is 17.3 Å². The Bertz CT molecular complexity index is 476. The molecule has 3 heteroatoms. The lowest BCUT2D eigenvalue weighted by molar-refractivity contribution is -0.0661. The fourth-order valence-electron chi connectivity index (χ4n) is 6.05. The molecule has 1 aromatic rings. The van der Waals surface area contributed by atoms with Crippen LogP contribution in [0.15, 0.2) is 6.33 Å². The standard InChI is InChI=1S/C16H25N3/c1-3-4-19-11-17-18-14(19)16-8-12-5-13(9-16)7-15(2,6-12)10-16/h11-13H,3-10H2,1-2H3. The van der Waals surface area contributed by atoms with E-state index in [0.29, 0.717) is 10.8 Å². The van der Waals surface area contributed by atoms with Crippen molar-refractivity contribution in [2.24, 2.45) is 17.3 Å². The van der Waals surface area contributed by atoms with Crippen LogP contribution >= 0.6 is 0 Å². The van der Waals surface area contributed by atoms with E-state index in [1.165, 1.54) is 50.8 Å². The molecule has 5 rings (SSSR count). The summed E-state index contributed by atoms with van der Waals surface area (Å²) in [6.07, 6.45) is 11.7. The average molecular weight is 259 g/mol. The normalized spacial score (nSPS) is 43.9. The molecule has 0 amide bonds. The van der Waals surface area contributed by atoms with Crippen molar-refractivity contribution in [3.63, 3.8) is 0 Å². The molecule has 104 valence electrons. The van der Waals surface area contributed by atoms with Gasteiger partial charge in [-0.15, -0.1) is 10.2 Å². The van der Waals surface area contributed by atoms with Gasteiger partial charge in [-0.1, -0.05) is 13.8 Å². The maximum absolute atomic E-state index is 4.57. The molecule has 2 unspecified atom stereocenters. The molecule has 1 aromatic heterocycles. The fraction of sp³-hybridized carbons (Fsp3) is 0.875. The summed E-state index contributed by atoms with van der Waals surface area (Å²) in [6, 6.07) is 0. The van der Waals surface area contributed by atoms with Gasteiger partial charge in [0.05, 0.1) is 0 Å². The number of rotatable bonds is 3. The third-order valence-electron chi connectivity index (χ3n) is 5.91. The van der Waals surface area contributed by atoms with Gasteiger partial charge in [0.15, 0.2) is 0 Å². The second kappa shape index (κ2) is 3.83. The molecule has 4 fully saturated rings. The Hall–Kier alpha value is -0.860. The molecular weight excluding hydrogens is 234 g/mol. The Morgan fingerprint density at radius 1 is 1.26 bits per heavy atom. The summed E-state index contributed by atoms with van der Waals surface area (Å²) in [7, 11) is 0. The zero-order chi connectivity index (χ0) is 13.1. The lowest BCUT2D eigenvalue weighted by atomic mass is 9.44. The van der Waals surface area contributed by atoms with E-state index in [1.807, 2.05) is 6.33 Å². The third kappa shape index (κ3) is 1.70. The molecule has 3 nitrogen and oxygen atoms in total. The van der Waals surface area contributed by atoms with E-state index in [0.717, 1.165) is 18.4 Å². The highest BCUT2D eigenvalue weighted by Gasteiger charge is 2.57. The zero-order valence-corrected chi connectivity index (χ0v) is 12.2. The monoisotopic (exact) mass is 259 g/mol. The number of hydrogen-bond donors (Lipinski definition) is 0. The van der Waals surface area contributed by atoms with E-state index in [4.69, 9.17) is 0 Å². The molecule has 0 spiro atoms. The van der Waals surface area contributed by atoms with E-state index in [9.17, 15) is 0 Å². The van der Waals surface area contributed by atoms with Gasteiger partial charge < -0.3 is 4.57 Å². The lowest BCUT2D eigenvalue weighted by Crippen LogP contribution is -2.53. The quantitative estimate of drug-likeness (QED) is 0.831. The van der Waals surface area contributed by atoms with Crippen molar-refractivity contribution < 1.29 is 0 Å². The fourth-order valence-corrected chi connectivity index (χ4v) is 6.05. The molecule has 0 N–H and O–H groups in total. The Labute approximate surface area is 115 Å². The zero-order valence-electron chi connectivity index (χ0n) is 12.2. The van der Waals surface area contributed by atoms with Crippen molar-refractivity contribution in [1.82, 2.24) is 14.8 Å². The van der Waals surface area contributed by atoms with E-state index in [1.54, 1.807) is 0 Å². The number of aryl methyl sites for hydroxylation is 1. The molecule has 4 aliphatic rings. The summed E-state index contributed by atoms with van der Waals surface area (Å²) >= 11 is 0. The molecule has 0 aromatic carbocycles. The predicted molar refractivity (Wildman–Crippen MR) is 74.8 cm³/mol. The SMILES string of the molecule is CCCn1cnnc1C12CC3CC(CC(C)(C3)C1)C2. The van der Waals surface area contributed by atoms with Gasteiger partial charge in [-0.3, -0.25) is 0 Å². The first-order valence-electron chi connectivity index (χ1n) is 8.01. The molecule has 0 saturated heterocycles. The summed E-state index contributed by atoms with van der Waals surface area (Å²) in [4.78, 5) is 0. The maximum Gasteiger partial charge on any atom is 0.139 e. The summed E-state index contributed by atoms with van der Waals surface area (Å²) < 4.78 is 2.34. The minimum Gasteiger partial charge on any atom is -0.317 e. The second-order valence-electron chi connectivity index (χ2n) is 7.90. The molecule has 4 saturated carbocycles. The van der Waals surface area contributed by atoms with Crippen LogP contribution in [-0.4, -0.2) is 14.8 Å². The van der Waals surface area contributed by atoms with Gasteiger partial charge in [0, 0.05) is 12.0 Å². The minimum atomic E-state index is 0.366. The Morgan fingerprint density at radius 3 is 2.63 bits per heavy atom. The average Bonchev–Trinajstić information content (AvgIpc) is 2.75. The predicted octanol–water partition coefficient (Wildman–Crippen LogP) is 3.55. The van der Waals surface area contributed by atoms with Crippen LogP contribution in [0.5, 0.6) is 0 Å². The molecule has 0 radical (unpaired) electrons. The maximum atomic E-state index is 4.57. The summed E-state index contributed by atoms with van der Waals surface area (Å²) in [5.41, 5.74) is 0.956. The van der Waals surface area contributed by atoms with Gasteiger partial charge in [-0.05, 0) is 62.2 Å². The van der Waals surface area contributed by atoms with Crippen LogP contribution in [0.3, 0.4) is 0 Å². The second-order valence-corrected chi connectivity index (χ2v) is 7.90. The van der Waals surface area contributed by atoms with E-state index < -0.39 is 0 Å². The van der Waals surface area contributed by atoms with E-state index >= 15 is 0 Å². The highest BCUT2D eigenvalue weighted by molar-refractivity contribution is 5.19. The van der Waals surface area contributed by atoms with Gasteiger partial charge in [-0.25, -0.2) is 0 Å². The van der Waals surface area contributed by atoms with Gasteiger partial charge in [-0.2, -0.15) is 0 Å². The Morgan fingerprint density at radius 2 is 2.00 bits per heavy atom. The first-order valence-corrected chi connectivity index (χ1v) is 8.01. The van der Waals surface area contributed by atoms with Crippen LogP contribution in [0.25, 0.3) is 0 Å². The number of aromatic nitrogens is 3. The lowest BCUT2D eigenvalue weighted by Gasteiger charge is -2.60. The van der Waals surface area contributed by atoms with E-state index in [-0.39, 0.29) is 0 Å². The molecular formula is C16H25N3. The highest BCUT2D eigenvalue weighted by atomic mass is 15.3. The van der Waals surface area contributed by atoms with Gasteiger partial charge in [0.1, 0.15) is 12.2 Å². The summed E-state index contributed by atoms with van der Waals surface area (Å²) in [5, 5.41) is 8.80. The Kier molecular flexibility index (Phi) is 2.40. The van der Waals surface area contributed by atoms with Crippen molar-refractivity contribution in [3.05, 3.63) is 12.2 Å². The van der Waals surface area contributed by atoms with Crippen LogP contribution in [0.2, 0.25) is 0 Å². The van der Waals surface area contributed by atoms with Crippen molar-refractivity contribution >= 4 is 0 Å². The van der Waals surface area contributed by atoms with E-state index in [2.05, 4.69) is 28.6 Å². The molecule has 0 aliphatic heterocycles.